The van der Waals surface area contributed by atoms with Crippen molar-refractivity contribution in [2.45, 2.75) is 27.7 Å². The number of anilines is 1. The van der Waals surface area contributed by atoms with Gasteiger partial charge in [-0.05, 0) is 97.2 Å². The van der Waals surface area contributed by atoms with E-state index in [4.69, 9.17) is 0 Å². The number of carbonyl (C=O) groups is 1. The van der Waals surface area contributed by atoms with Crippen LogP contribution in [0.3, 0.4) is 0 Å². The van der Waals surface area contributed by atoms with Crippen molar-refractivity contribution in [1.82, 2.24) is 0 Å². The van der Waals surface area contributed by atoms with Crippen LogP contribution in [0.15, 0.2) is 170 Å². The number of rotatable bonds is 12. The summed E-state index contributed by atoms with van der Waals surface area (Å²) in [4.78, 5) is 10.8. The third kappa shape index (κ3) is 12.7. The third-order valence-electron chi connectivity index (χ3n) is 8.91. The van der Waals surface area contributed by atoms with Crippen molar-refractivity contribution < 1.29 is 148 Å². The van der Waals surface area contributed by atoms with E-state index in [2.05, 4.69) is 46.0 Å². The van der Waals surface area contributed by atoms with Crippen molar-refractivity contribution >= 4 is 98.2 Å². The molecule has 0 bridgehead atoms. The fourth-order valence-corrected chi connectivity index (χ4v) is 7.51. The number of hydrogen-bond acceptors (Lipinski definition) is 22. The molecule has 1 atom stereocenters. The van der Waals surface area contributed by atoms with E-state index in [1.165, 1.54) is 55.5 Å². The number of azo groups is 4. The van der Waals surface area contributed by atoms with E-state index >= 15 is 0 Å². The van der Waals surface area contributed by atoms with Gasteiger partial charge in [0.05, 0.1) is 54.2 Å². The Balaban J connectivity index is 0.00000327. The zero-order chi connectivity index (χ0) is 46.1. The number of phenolic OH excluding ortho intramolecular Hbond substituents is 3. The van der Waals surface area contributed by atoms with Gasteiger partial charge in [0.25, 0.3) is 5.91 Å². The molecule has 1 aliphatic heterocycles. The fraction of sp³-hybridized carbons (Fsp3) is 0.0526. The minimum absolute atomic E-state index is 0. The first-order valence-electron chi connectivity index (χ1n) is 17.8. The minimum atomic E-state index is -5.41. The summed E-state index contributed by atoms with van der Waals surface area (Å²) in [7, 11) is -15.4. The van der Waals surface area contributed by atoms with Crippen LogP contribution >= 0.6 is 0 Å². The smallest absolute Gasteiger partial charge is 0.744 e. The van der Waals surface area contributed by atoms with Gasteiger partial charge in [0.15, 0.2) is 23.2 Å². The maximum Gasteiger partial charge on any atom is 1.00 e. The predicted molar refractivity (Wildman–Crippen MR) is 220 cm³/mol. The van der Waals surface area contributed by atoms with Gasteiger partial charge in [-0.3, -0.25) is 4.79 Å². The summed E-state index contributed by atoms with van der Waals surface area (Å²) in [6, 6.07) is 21.2. The van der Waals surface area contributed by atoms with E-state index in [1.54, 1.807) is 18.2 Å². The number of nitrogens with zero attached hydrogens (tertiary/aromatic N) is 10. The quantitative estimate of drug-likeness (QED) is 0.0738. The summed E-state index contributed by atoms with van der Waals surface area (Å²) in [5.41, 5.74) is -1.51. The van der Waals surface area contributed by atoms with Crippen molar-refractivity contribution in [3.8, 4) is 17.2 Å². The van der Waals surface area contributed by atoms with Gasteiger partial charge in [0, 0.05) is 0 Å². The Morgan fingerprint density at radius 1 is 0.567 bits per heavy atom. The Bertz CT molecular complexity index is 3400. The molecule has 7 rings (SSSR count). The molecule has 0 saturated heterocycles. The molecular formula is C38H25N10Na3O13S3. The molecular weight excluding hydrogens is 970 g/mol. The summed E-state index contributed by atoms with van der Waals surface area (Å²) in [6.07, 6.45) is 0. The van der Waals surface area contributed by atoms with Gasteiger partial charge in [0.2, 0.25) is 0 Å². The second-order valence-corrected chi connectivity index (χ2v) is 17.3. The molecule has 6 aromatic carbocycles. The van der Waals surface area contributed by atoms with Gasteiger partial charge in [-0.25, -0.2) is 25.3 Å². The molecule has 1 amide bonds. The molecule has 0 fully saturated rings. The Morgan fingerprint density at radius 2 is 1.16 bits per heavy atom. The van der Waals surface area contributed by atoms with Crippen molar-refractivity contribution in [3.05, 3.63) is 109 Å². The predicted octanol–water partition coefficient (Wildman–Crippen LogP) is -1.20. The first kappa shape index (κ1) is 54.9. The normalized spacial score (nSPS) is 14.4. The summed E-state index contributed by atoms with van der Waals surface area (Å²) < 4.78 is 107. The molecule has 29 heteroatoms. The van der Waals surface area contributed by atoms with Gasteiger partial charge in [0.1, 0.15) is 47.5 Å². The zero-order valence-electron chi connectivity index (χ0n) is 35.1. The first-order chi connectivity index (χ1) is 30.2. The van der Waals surface area contributed by atoms with Crippen molar-refractivity contribution in [2.75, 3.05) is 5.01 Å². The Labute approximate surface area is 446 Å². The monoisotopic (exact) mass is 994 g/mol. The molecule has 1 unspecified atom stereocenters. The van der Waals surface area contributed by atoms with Gasteiger partial charge in [-0.15, -0.1) is 20.5 Å². The average molecular weight is 995 g/mol. The molecule has 0 aromatic heterocycles. The largest absolute Gasteiger partial charge is 1.00 e. The van der Waals surface area contributed by atoms with Gasteiger partial charge in [-0.1, -0.05) is 24.3 Å². The molecule has 1 aliphatic rings. The molecule has 23 nitrogen and oxygen atoms in total. The number of hydrazone groups is 1. The van der Waals surface area contributed by atoms with Crippen LogP contribution in [0.2, 0.25) is 0 Å². The van der Waals surface area contributed by atoms with Gasteiger partial charge >= 0.3 is 88.7 Å². The van der Waals surface area contributed by atoms with Crippen LogP contribution in [0.1, 0.15) is 6.92 Å². The molecule has 67 heavy (non-hydrogen) atoms. The summed E-state index contributed by atoms with van der Waals surface area (Å²) in [6.45, 7) is 1.52. The molecule has 0 radical (unpaired) electrons. The van der Waals surface area contributed by atoms with E-state index in [1.807, 2.05) is 0 Å². The van der Waals surface area contributed by atoms with Crippen LogP contribution in [-0.2, 0) is 35.1 Å². The van der Waals surface area contributed by atoms with Gasteiger partial charge < -0.3 is 29.0 Å². The second kappa shape index (κ2) is 22.1. The SMILES string of the molecule is CC1=NN(c2cccc(N=Nc3c(O)ccc(N=Nc4cc(S(=O)(=O)[O-])cc5cc(S(=O)(=O)[O-])c(N=Nc6ccccc6)c(O)c45)c3O)c2)C(=O)C1N=Nc1ccc(S(=O)(=O)[O-])cc1.[Na+].[Na+].[Na+]. The number of aromatic hydroxyl groups is 3. The number of carbonyl (C=O) groups excluding carboxylic acids is 1. The molecule has 0 spiro atoms. The third-order valence-corrected chi connectivity index (χ3v) is 11.4. The zero-order valence-corrected chi connectivity index (χ0v) is 43.5. The van der Waals surface area contributed by atoms with E-state index in [0.717, 1.165) is 29.3 Å². The van der Waals surface area contributed by atoms with E-state index in [-0.39, 0.29) is 117 Å². The minimum Gasteiger partial charge on any atom is -0.744 e. The molecule has 0 aliphatic carbocycles. The fourth-order valence-electron chi connectivity index (χ4n) is 5.87. The van der Waals surface area contributed by atoms with Crippen molar-refractivity contribution in [1.29, 1.82) is 0 Å². The maximum absolute atomic E-state index is 13.3. The number of benzene rings is 6. The number of hydrogen-bond donors (Lipinski definition) is 3. The molecule has 326 valence electrons. The first-order valence-corrected chi connectivity index (χ1v) is 22.0. The Kier molecular flexibility index (Phi) is 18.1. The van der Waals surface area contributed by atoms with Crippen molar-refractivity contribution in [2.24, 2.45) is 46.0 Å². The van der Waals surface area contributed by atoms with Crippen LogP contribution in [0.5, 0.6) is 17.2 Å². The van der Waals surface area contributed by atoms with Crippen molar-refractivity contribution in [3.63, 3.8) is 0 Å². The number of fused-ring (bicyclic) bond motifs is 1. The van der Waals surface area contributed by atoms with E-state index in [0.29, 0.717) is 18.2 Å². The topological polar surface area (TPSA) is 364 Å². The molecule has 6 aromatic rings. The van der Waals surface area contributed by atoms with Crippen LogP contribution in [0, 0.1) is 0 Å². The Hall–Kier alpha value is -4.75. The summed E-state index contributed by atoms with van der Waals surface area (Å²) in [5, 5.41) is 68.7. The van der Waals surface area contributed by atoms with Crippen LogP contribution < -0.4 is 93.7 Å². The van der Waals surface area contributed by atoms with E-state index in [9.17, 15) is 59.0 Å². The van der Waals surface area contributed by atoms with Crippen LogP contribution in [0.4, 0.5) is 45.5 Å². The number of amides is 1. The number of phenols is 3. The molecule has 0 saturated carbocycles. The van der Waals surface area contributed by atoms with Crippen LogP contribution in [0.25, 0.3) is 10.8 Å². The van der Waals surface area contributed by atoms with E-state index < -0.39 is 108 Å². The molecule has 1 heterocycles. The molecule has 3 N–H and O–H groups in total. The Morgan fingerprint density at radius 3 is 1.81 bits per heavy atom. The summed E-state index contributed by atoms with van der Waals surface area (Å²) >= 11 is 0. The average Bonchev–Trinajstić information content (AvgIpc) is 3.53. The maximum atomic E-state index is 13.3. The van der Waals surface area contributed by atoms with Crippen LogP contribution in [-0.4, -0.2) is 71.9 Å². The summed E-state index contributed by atoms with van der Waals surface area (Å²) in [5.74, 6) is -3.06. The van der Waals surface area contributed by atoms with Gasteiger partial charge in [-0.2, -0.15) is 30.6 Å². The standard InChI is InChI=1S/C38H28N10O13S3.3Na/c1-20-33(44-40-23-10-12-26(13-11-23)62(53,54)55)38(52)48(47-20)25-9-5-8-24(18-25)41-45-34-30(49)15-14-28(36(34)50)42-43-29-19-27(63(56,57)58)16-21-17-31(64(59,60)61)35(37(51)32(21)29)46-39-22-6-3-2-4-7-22;;;/h2-19,33,49-51H,1H3,(H,53,54,55)(H,56,57,58)(H,59,60,61);;;/q;3*+1/p-3. The second-order valence-electron chi connectivity index (χ2n) is 13.2.